The fraction of sp³-hybridized carbons (Fsp3) is 0.415. The maximum Gasteiger partial charge on any atom is 0.408 e. The number of nitrogens with zero attached hydrogens (tertiary/aromatic N) is 5. The van der Waals surface area contributed by atoms with Crippen molar-refractivity contribution in [3.8, 4) is 10.4 Å². The molecule has 0 saturated carbocycles. The number of hydrogen-bond acceptors (Lipinski definition) is 8. The second kappa shape index (κ2) is 14.6. The first kappa shape index (κ1) is 35.9. The summed E-state index contributed by atoms with van der Waals surface area (Å²) in [6.07, 6.45) is 3.51. The lowest BCUT2D eigenvalue weighted by Crippen LogP contribution is -2.36. The van der Waals surface area contributed by atoms with Crippen molar-refractivity contribution >= 4 is 61.1 Å². The van der Waals surface area contributed by atoms with E-state index in [1.54, 1.807) is 11.3 Å². The third-order valence-corrected chi connectivity index (χ3v) is 12.2. The lowest BCUT2D eigenvalue weighted by atomic mass is 9.89. The number of piperidine rings is 1. The van der Waals surface area contributed by atoms with E-state index in [4.69, 9.17) is 9.47 Å². The Bertz CT molecular complexity index is 2350. The molecule has 5 heterocycles. The first-order valence-electron chi connectivity index (χ1n) is 18.5. The highest BCUT2D eigenvalue weighted by atomic mass is 79.9. The molecule has 0 spiro atoms. The van der Waals surface area contributed by atoms with Crippen LogP contribution < -0.4 is 10.9 Å². The summed E-state index contributed by atoms with van der Waals surface area (Å²) in [5, 5.41) is 3.75. The third-order valence-electron chi connectivity index (χ3n) is 10.6. The van der Waals surface area contributed by atoms with Gasteiger partial charge in [-0.05, 0) is 136 Å². The first-order valence-corrected chi connectivity index (χ1v) is 20.2. The number of benzene rings is 3. The Hall–Kier alpha value is -4.10. The highest BCUT2D eigenvalue weighted by Crippen LogP contribution is 2.36. The number of ether oxygens (including phenoxy) is 2. The molecule has 3 aromatic carbocycles. The zero-order chi connectivity index (χ0) is 36.9. The summed E-state index contributed by atoms with van der Waals surface area (Å²) in [6.45, 7) is 11.9. The Labute approximate surface area is 321 Å². The summed E-state index contributed by atoms with van der Waals surface area (Å²) in [5.74, 6) is 1.11. The molecule has 1 N–H and O–H groups in total. The van der Waals surface area contributed by atoms with Crippen molar-refractivity contribution in [2.75, 3.05) is 32.8 Å². The monoisotopic (exact) mass is 796 g/mol. The molecule has 2 saturated heterocycles. The predicted molar refractivity (Wildman–Crippen MR) is 214 cm³/mol. The van der Waals surface area contributed by atoms with Gasteiger partial charge in [0, 0.05) is 4.47 Å². The van der Waals surface area contributed by atoms with Gasteiger partial charge in [0.1, 0.15) is 5.60 Å². The second-order valence-electron chi connectivity index (χ2n) is 15.3. The van der Waals surface area contributed by atoms with Gasteiger partial charge in [-0.1, -0.05) is 36.4 Å². The normalized spacial score (nSPS) is 16.7. The minimum absolute atomic E-state index is 0.144. The van der Waals surface area contributed by atoms with Crippen LogP contribution in [-0.4, -0.2) is 68.4 Å². The zero-order valence-corrected chi connectivity index (χ0v) is 33.0. The average molecular weight is 798 g/mol. The number of nitrogens with one attached hydrogen (secondary N) is 1. The molecule has 3 aromatic heterocycles. The molecule has 8 rings (SSSR count). The molecule has 2 aliphatic rings. The first-order chi connectivity index (χ1) is 25.5. The van der Waals surface area contributed by atoms with Crippen molar-refractivity contribution in [3.63, 3.8) is 0 Å². The molecule has 6 aromatic rings. The fourth-order valence-electron chi connectivity index (χ4n) is 7.86. The largest absolute Gasteiger partial charge is 0.444 e. The summed E-state index contributed by atoms with van der Waals surface area (Å²) in [5.41, 5.74) is 8.64. The zero-order valence-electron chi connectivity index (χ0n) is 30.6. The van der Waals surface area contributed by atoms with Gasteiger partial charge >= 0.3 is 6.09 Å². The van der Waals surface area contributed by atoms with E-state index in [-0.39, 0.29) is 17.6 Å². The number of carbonyl (C=O) groups is 1. The number of aryl methyl sites for hydroxylation is 1. The van der Waals surface area contributed by atoms with E-state index in [0.29, 0.717) is 30.3 Å². The topological polar surface area (TPSA) is 103 Å². The molecule has 2 fully saturated rings. The number of fused-ring (bicyclic) bond motifs is 5. The lowest BCUT2D eigenvalue weighted by molar-refractivity contribution is -0.0201. The van der Waals surface area contributed by atoms with Crippen LogP contribution in [0.2, 0.25) is 0 Å². The van der Waals surface area contributed by atoms with Gasteiger partial charge in [0.05, 0.1) is 63.3 Å². The SMILES string of the molecule is Cc1ncsc1-c1ccc([C@H](CCCN2CCC(c3ccc4c(c3)n(C3COC3)c3nc(=O)c5c(Br)cccc5n43)CC2)NC(=O)OC(C)(C)C)cc1. The third kappa shape index (κ3) is 7.26. The van der Waals surface area contributed by atoms with E-state index >= 15 is 0 Å². The number of halogens is 1. The van der Waals surface area contributed by atoms with Crippen LogP contribution in [0, 0.1) is 6.92 Å². The second-order valence-corrected chi connectivity index (χ2v) is 17.1. The number of amides is 1. The lowest BCUT2D eigenvalue weighted by Gasteiger charge is -2.33. The van der Waals surface area contributed by atoms with Gasteiger partial charge in [0.25, 0.3) is 5.56 Å². The van der Waals surface area contributed by atoms with Crippen LogP contribution in [-0.2, 0) is 9.47 Å². The van der Waals surface area contributed by atoms with Gasteiger partial charge in [-0.15, -0.1) is 11.3 Å². The molecule has 276 valence electrons. The number of imidazole rings is 1. The van der Waals surface area contributed by atoms with E-state index in [1.807, 2.05) is 51.4 Å². The molecule has 0 aliphatic carbocycles. The fourth-order valence-corrected chi connectivity index (χ4v) is 9.19. The highest BCUT2D eigenvalue weighted by molar-refractivity contribution is 9.10. The number of rotatable bonds is 9. The molecule has 12 heteroatoms. The molecule has 1 atom stereocenters. The van der Waals surface area contributed by atoms with Gasteiger partial charge < -0.3 is 24.3 Å². The maximum absolute atomic E-state index is 13.2. The van der Waals surface area contributed by atoms with Crippen LogP contribution in [0.3, 0.4) is 0 Å². The standard InChI is InChI=1S/C41H45BrN6O4S/c1-25-37(53-24-43-25)28-12-10-27(11-13-28)32(44-40(50)52-41(2,3)4)8-6-18-46-19-16-26(17-20-46)29-14-15-33-35(21-29)47(30-22-51-23-30)39-45-38(49)36-31(42)7-5-9-34(36)48(33)39/h5,7,9-15,21,24,26,30,32H,6,8,16-20,22-23H2,1-4H3,(H,44,50)/t32-/m0/s1. The van der Waals surface area contributed by atoms with Crippen LogP contribution in [0.15, 0.2) is 75.4 Å². The molecule has 10 nitrogen and oxygen atoms in total. The van der Waals surface area contributed by atoms with Gasteiger partial charge in [-0.3, -0.25) is 9.20 Å². The quantitative estimate of drug-likeness (QED) is 0.156. The molecular weight excluding hydrogens is 752 g/mol. The number of alkyl carbamates (subject to hydrolysis) is 1. The highest BCUT2D eigenvalue weighted by Gasteiger charge is 2.29. The Morgan fingerprint density at radius 2 is 1.83 bits per heavy atom. The van der Waals surface area contributed by atoms with Crippen molar-refractivity contribution in [1.29, 1.82) is 0 Å². The van der Waals surface area contributed by atoms with E-state index in [2.05, 4.69) is 87.5 Å². The smallest absolute Gasteiger partial charge is 0.408 e. The number of carbonyl (C=O) groups excluding carboxylic acids is 1. The van der Waals surface area contributed by atoms with Crippen molar-refractivity contribution in [2.24, 2.45) is 0 Å². The number of likely N-dealkylation sites (tertiary alicyclic amines) is 1. The van der Waals surface area contributed by atoms with Crippen LogP contribution in [0.4, 0.5) is 4.79 Å². The minimum Gasteiger partial charge on any atom is -0.444 e. The molecular formula is C41H45BrN6O4S. The Morgan fingerprint density at radius 3 is 2.51 bits per heavy atom. The number of aromatic nitrogens is 4. The number of hydrogen-bond donors (Lipinski definition) is 1. The van der Waals surface area contributed by atoms with Crippen LogP contribution in [0.5, 0.6) is 0 Å². The molecule has 0 unspecified atom stereocenters. The van der Waals surface area contributed by atoms with Crippen LogP contribution in [0.25, 0.3) is 38.2 Å². The van der Waals surface area contributed by atoms with Gasteiger partial charge in [-0.25, -0.2) is 9.78 Å². The molecule has 53 heavy (non-hydrogen) atoms. The van der Waals surface area contributed by atoms with Crippen molar-refractivity contribution in [1.82, 2.24) is 29.2 Å². The van der Waals surface area contributed by atoms with E-state index < -0.39 is 11.7 Å². The Balaban J connectivity index is 0.958. The van der Waals surface area contributed by atoms with E-state index in [9.17, 15) is 9.59 Å². The van der Waals surface area contributed by atoms with Gasteiger partial charge in [0.15, 0.2) is 0 Å². The van der Waals surface area contributed by atoms with E-state index in [1.165, 1.54) is 10.4 Å². The molecule has 0 radical (unpaired) electrons. The Morgan fingerprint density at radius 1 is 1.06 bits per heavy atom. The average Bonchev–Trinajstić information content (AvgIpc) is 3.67. The van der Waals surface area contributed by atoms with Crippen molar-refractivity contribution in [2.45, 2.75) is 77.0 Å². The minimum atomic E-state index is -0.568. The van der Waals surface area contributed by atoms with Crippen molar-refractivity contribution in [3.05, 3.63) is 97.8 Å². The van der Waals surface area contributed by atoms with Crippen molar-refractivity contribution < 1.29 is 14.3 Å². The van der Waals surface area contributed by atoms with Gasteiger partial charge in [0.2, 0.25) is 5.78 Å². The van der Waals surface area contributed by atoms with Gasteiger partial charge in [-0.2, -0.15) is 4.98 Å². The molecule has 2 aliphatic heterocycles. The summed E-state index contributed by atoms with van der Waals surface area (Å²) in [7, 11) is 0. The summed E-state index contributed by atoms with van der Waals surface area (Å²) in [4.78, 5) is 38.9. The van der Waals surface area contributed by atoms with E-state index in [0.717, 1.165) is 83.2 Å². The predicted octanol–water partition coefficient (Wildman–Crippen LogP) is 8.79. The molecule has 1 amide bonds. The van der Waals surface area contributed by atoms with Crippen LogP contribution >= 0.6 is 27.3 Å². The van der Waals surface area contributed by atoms with Crippen LogP contribution in [0.1, 0.15) is 81.3 Å². The maximum atomic E-state index is 13.2. The molecule has 0 bridgehead atoms. The summed E-state index contributed by atoms with van der Waals surface area (Å²) in [6, 6.07) is 21.1. The number of thiazole rings is 1. The summed E-state index contributed by atoms with van der Waals surface area (Å²) >= 11 is 5.22. The summed E-state index contributed by atoms with van der Waals surface area (Å²) < 4.78 is 16.4. The Kier molecular flexibility index (Phi) is 9.90.